The minimum Gasteiger partial charge on any atom is -0.456 e. The molecule has 27 rings (SSSR count). The number of fused-ring (bicyclic) bond motifs is 27. The van der Waals surface area contributed by atoms with Crippen molar-refractivity contribution in [1.82, 2.24) is 71.8 Å². The number of rotatable bonds is 6. The Labute approximate surface area is 665 Å². The van der Waals surface area contributed by atoms with E-state index in [1.807, 2.05) is 157 Å². The minimum atomic E-state index is 0.733. The van der Waals surface area contributed by atoms with E-state index in [-0.39, 0.29) is 0 Å². The van der Waals surface area contributed by atoms with Crippen molar-refractivity contribution in [3.05, 3.63) is 346 Å². The zero-order valence-electron chi connectivity index (χ0n) is 61.8. The maximum absolute atomic E-state index is 6.37. The lowest BCUT2D eigenvalue weighted by Crippen LogP contribution is -2.00. The Morgan fingerprint density at radius 1 is 0.222 bits per heavy atom. The predicted molar refractivity (Wildman–Crippen MR) is 472 cm³/mol. The molecule has 15 aromatic carbocycles. The third-order valence-corrected chi connectivity index (χ3v) is 23.9. The Morgan fingerprint density at radius 3 is 1.09 bits per heavy atom. The standard InChI is InChI=1S/2C33H19N5O.C33H19N5S/c1-6-15-30-22(8-1)23-10-7-9-21(32(23)39-30)20-16-17-28-29(18-20)37-27-14-5-4-13-26(27)36-33(37)38(28)31-19-34-24-11-2-3-12-25(24)35-31;2*1-6-12-30-22(7-1)23-17-20(14-16-31(23)39-30)21-13-15-28-29(18-21)37-27-11-5-4-10-26(27)36-33(37)38(28)32-19-34-24-8-2-3-9-25(24)35-32/h3*1-19H. The van der Waals surface area contributed by atoms with Crippen LogP contribution in [0.15, 0.2) is 355 Å². The fourth-order valence-electron chi connectivity index (χ4n) is 17.4. The summed E-state index contributed by atoms with van der Waals surface area (Å²) in [4.78, 5) is 44.1. The third-order valence-electron chi connectivity index (χ3n) is 22.7. The minimum absolute atomic E-state index is 0.733. The normalized spacial score (nSPS) is 12.1. The lowest BCUT2D eigenvalue weighted by molar-refractivity contribution is 0.669. The quantitative estimate of drug-likeness (QED) is 0.155. The molecule has 0 aliphatic rings. The molecule has 0 atom stereocenters. The van der Waals surface area contributed by atoms with Gasteiger partial charge < -0.3 is 8.83 Å². The first-order valence-electron chi connectivity index (χ1n) is 38.6. The Balaban J connectivity index is 0.0000000980. The van der Waals surface area contributed by atoms with Gasteiger partial charge in [0.1, 0.15) is 22.3 Å². The van der Waals surface area contributed by atoms with Gasteiger partial charge in [0.05, 0.1) is 118 Å². The fourth-order valence-corrected chi connectivity index (χ4v) is 18.4. The number of imidazole rings is 6. The predicted octanol–water partition coefficient (Wildman–Crippen LogP) is 24.3. The van der Waals surface area contributed by atoms with Crippen molar-refractivity contribution < 1.29 is 8.83 Å². The van der Waals surface area contributed by atoms with Crippen LogP contribution in [-0.2, 0) is 0 Å². The molecule has 0 unspecified atom stereocenters. The number of benzene rings is 15. The first-order valence-corrected chi connectivity index (χ1v) is 39.4. The highest BCUT2D eigenvalue weighted by atomic mass is 32.1. The first kappa shape index (κ1) is 64.6. The van der Waals surface area contributed by atoms with Crippen molar-refractivity contribution in [3.8, 4) is 50.8 Å². The van der Waals surface area contributed by atoms with E-state index in [2.05, 4.69) is 232 Å². The molecule has 0 amide bonds. The monoisotopic (exact) mass is 1520 g/mol. The molecule has 0 aliphatic carbocycles. The molecule has 27 aromatic rings. The molecule has 0 N–H and O–H groups in total. The van der Waals surface area contributed by atoms with E-state index in [4.69, 9.17) is 48.7 Å². The van der Waals surface area contributed by atoms with Crippen LogP contribution in [0.1, 0.15) is 0 Å². The number of hydrogen-bond donors (Lipinski definition) is 0. The molecule has 0 saturated heterocycles. The maximum Gasteiger partial charge on any atom is 0.221 e. The zero-order chi connectivity index (χ0) is 76.5. The number of hydrogen-bond acceptors (Lipinski definition) is 12. The van der Waals surface area contributed by atoms with E-state index in [0.29, 0.717) is 0 Å². The summed E-state index contributed by atoms with van der Waals surface area (Å²) in [5.41, 5.74) is 27.7. The highest BCUT2D eigenvalue weighted by molar-refractivity contribution is 7.25. The van der Waals surface area contributed by atoms with Gasteiger partial charge in [-0.3, -0.25) is 41.9 Å². The molecule has 0 aliphatic heterocycles. The lowest BCUT2D eigenvalue weighted by atomic mass is 10.0. The Hall–Kier alpha value is -16.1. The van der Waals surface area contributed by atoms with Crippen LogP contribution in [0.25, 0.3) is 232 Å². The maximum atomic E-state index is 6.37. The Kier molecular flexibility index (Phi) is 13.9. The molecule has 18 heteroatoms. The van der Waals surface area contributed by atoms with Crippen molar-refractivity contribution in [2.24, 2.45) is 0 Å². The highest BCUT2D eigenvalue weighted by Gasteiger charge is 2.25. The summed E-state index contributed by atoms with van der Waals surface area (Å²) in [6.45, 7) is 0. The van der Waals surface area contributed by atoms with E-state index in [0.717, 1.165) is 200 Å². The fraction of sp³-hybridized carbons (Fsp3) is 0. The summed E-state index contributed by atoms with van der Waals surface area (Å²) in [5, 5.41) is 7.09. The van der Waals surface area contributed by atoms with Gasteiger partial charge in [-0.15, -0.1) is 11.3 Å². The molecular weight excluding hydrogens is 1460 g/mol. The number of aromatic nitrogens is 15. The molecular formula is C99H57N15O2S. The summed E-state index contributed by atoms with van der Waals surface area (Å²) >= 11 is 1.85. The molecule has 12 heterocycles. The number of furan rings is 2. The molecule has 117 heavy (non-hydrogen) atoms. The van der Waals surface area contributed by atoms with Gasteiger partial charge in [-0.1, -0.05) is 176 Å². The largest absolute Gasteiger partial charge is 0.456 e. The molecule has 546 valence electrons. The van der Waals surface area contributed by atoms with Gasteiger partial charge in [-0.2, -0.15) is 0 Å². The second-order valence-electron chi connectivity index (χ2n) is 29.4. The van der Waals surface area contributed by atoms with Gasteiger partial charge in [0.15, 0.2) is 17.5 Å². The summed E-state index contributed by atoms with van der Waals surface area (Å²) in [6.07, 6.45) is 5.49. The molecule has 0 fully saturated rings. The highest BCUT2D eigenvalue weighted by Crippen LogP contribution is 2.43. The van der Waals surface area contributed by atoms with Crippen LogP contribution in [0.4, 0.5) is 0 Å². The molecule has 0 saturated carbocycles. The van der Waals surface area contributed by atoms with E-state index in [9.17, 15) is 0 Å². The van der Waals surface area contributed by atoms with Crippen LogP contribution in [0, 0.1) is 0 Å². The molecule has 12 aromatic heterocycles. The van der Waals surface area contributed by atoms with Gasteiger partial charge >= 0.3 is 0 Å². The van der Waals surface area contributed by atoms with E-state index >= 15 is 0 Å². The van der Waals surface area contributed by atoms with Crippen LogP contribution in [0.2, 0.25) is 0 Å². The van der Waals surface area contributed by atoms with Gasteiger partial charge in [0.25, 0.3) is 0 Å². The third kappa shape index (κ3) is 10.0. The van der Waals surface area contributed by atoms with Crippen molar-refractivity contribution in [3.63, 3.8) is 0 Å². The molecule has 17 nitrogen and oxygen atoms in total. The first-order chi connectivity index (χ1) is 58.0. The number of para-hydroxylation sites is 15. The molecule has 0 radical (unpaired) electrons. The number of nitrogens with zero attached hydrogens (tertiary/aromatic N) is 15. The van der Waals surface area contributed by atoms with E-state index < -0.39 is 0 Å². The average Bonchev–Trinajstić information content (AvgIpc) is 1.57. The summed E-state index contributed by atoms with van der Waals surface area (Å²) < 4.78 is 28.0. The van der Waals surface area contributed by atoms with Crippen molar-refractivity contribution in [2.75, 3.05) is 0 Å². The Morgan fingerprint density at radius 2 is 0.581 bits per heavy atom. The smallest absolute Gasteiger partial charge is 0.221 e. The second-order valence-corrected chi connectivity index (χ2v) is 30.5. The van der Waals surface area contributed by atoms with Gasteiger partial charge in [0, 0.05) is 47.3 Å². The van der Waals surface area contributed by atoms with Gasteiger partial charge in [-0.25, -0.2) is 29.9 Å². The van der Waals surface area contributed by atoms with Crippen LogP contribution >= 0.6 is 11.3 Å². The van der Waals surface area contributed by atoms with Crippen molar-refractivity contribution >= 4 is 192 Å². The summed E-state index contributed by atoms with van der Waals surface area (Å²) in [5.74, 6) is 4.66. The average molecular weight is 1520 g/mol. The lowest BCUT2D eigenvalue weighted by Gasteiger charge is -2.07. The van der Waals surface area contributed by atoms with Gasteiger partial charge in [-0.05, 0) is 179 Å². The van der Waals surface area contributed by atoms with E-state index in [1.54, 1.807) is 0 Å². The van der Waals surface area contributed by atoms with Crippen molar-refractivity contribution in [1.29, 1.82) is 0 Å². The summed E-state index contributed by atoms with van der Waals surface area (Å²) in [7, 11) is 0. The van der Waals surface area contributed by atoms with Crippen LogP contribution in [-0.4, -0.2) is 71.8 Å². The molecule has 0 bridgehead atoms. The van der Waals surface area contributed by atoms with Crippen LogP contribution in [0.5, 0.6) is 0 Å². The topological polar surface area (TPSA) is 170 Å². The molecule has 0 spiro atoms. The Bertz CT molecular complexity index is 8500. The van der Waals surface area contributed by atoms with Crippen LogP contribution < -0.4 is 0 Å². The zero-order valence-corrected chi connectivity index (χ0v) is 62.7. The summed E-state index contributed by atoms with van der Waals surface area (Å²) in [6, 6.07) is 113. The number of thiophene rings is 1. The van der Waals surface area contributed by atoms with Gasteiger partial charge in [0.2, 0.25) is 17.3 Å². The van der Waals surface area contributed by atoms with E-state index in [1.165, 1.54) is 31.3 Å². The second kappa shape index (κ2) is 25.2. The van der Waals surface area contributed by atoms with Crippen molar-refractivity contribution in [2.45, 2.75) is 0 Å². The SMILES string of the molecule is c1ccc2nc(-n3c4ccc(-c5ccc6oc7ccccc7c6c5)cc4n4c5ccccc5nc34)cnc2c1.c1ccc2nc(-n3c4ccc(-c5ccc6sc7ccccc7c6c5)cc4n4c5ccccc5nc34)cnc2c1.c1ccc2nc(-n3c4ccc(-c5cccc6c5oc5ccccc56)cc4n4c5ccccc5nc34)cnc2c1. The van der Waals surface area contributed by atoms with Crippen LogP contribution in [0.3, 0.4) is 0 Å².